The summed E-state index contributed by atoms with van der Waals surface area (Å²) in [6.45, 7) is 1.86. The number of aromatic nitrogens is 1. The van der Waals surface area contributed by atoms with E-state index in [1.807, 2.05) is 25.1 Å². The van der Waals surface area contributed by atoms with Gasteiger partial charge in [-0.05, 0) is 38.0 Å². The molecule has 1 aromatic carbocycles. The summed E-state index contributed by atoms with van der Waals surface area (Å²) in [5.74, 6) is 0.0444. The average Bonchev–Trinajstić information content (AvgIpc) is 3.08. The second kappa shape index (κ2) is 5.09. The first-order valence-corrected chi connectivity index (χ1v) is 7.86. The number of nitrogens with zero attached hydrogens (tertiary/aromatic N) is 1. The van der Waals surface area contributed by atoms with Crippen molar-refractivity contribution in [2.75, 3.05) is 5.32 Å². The van der Waals surface area contributed by atoms with Gasteiger partial charge in [0.2, 0.25) is 5.91 Å². The molecule has 2 aromatic rings. The number of rotatable bonds is 4. The lowest BCUT2D eigenvalue weighted by atomic mass is 10.3. The monoisotopic (exact) mass is 339 g/mol. The fourth-order valence-electron chi connectivity index (χ4n) is 1.76. The molecule has 0 saturated heterocycles. The van der Waals surface area contributed by atoms with Crippen LogP contribution in [0.1, 0.15) is 19.8 Å². The van der Waals surface area contributed by atoms with Crippen LogP contribution in [-0.2, 0) is 4.79 Å². The summed E-state index contributed by atoms with van der Waals surface area (Å²) in [4.78, 5) is 16.3. The van der Waals surface area contributed by atoms with Gasteiger partial charge in [0, 0.05) is 10.5 Å². The molecule has 2 N–H and O–H groups in total. The molecule has 0 radical (unpaired) electrons. The summed E-state index contributed by atoms with van der Waals surface area (Å²) >= 11 is 5.00. The maximum atomic E-state index is 11.9. The SMILES string of the molecule is CC(Nc1nc2ccc(Br)cc2s1)C(=O)NC1CC1. The van der Waals surface area contributed by atoms with E-state index in [0.29, 0.717) is 6.04 Å². The van der Waals surface area contributed by atoms with Gasteiger partial charge in [-0.2, -0.15) is 0 Å². The predicted molar refractivity (Wildman–Crippen MR) is 81.6 cm³/mol. The third-order valence-corrected chi connectivity index (χ3v) is 4.45. The zero-order valence-corrected chi connectivity index (χ0v) is 12.8. The Morgan fingerprint density at radius 3 is 3.05 bits per heavy atom. The van der Waals surface area contributed by atoms with Gasteiger partial charge in [0.1, 0.15) is 6.04 Å². The van der Waals surface area contributed by atoms with Gasteiger partial charge in [0.15, 0.2) is 5.13 Å². The Morgan fingerprint density at radius 2 is 2.32 bits per heavy atom. The highest BCUT2D eigenvalue weighted by atomic mass is 79.9. The first-order chi connectivity index (χ1) is 9.11. The molecule has 1 amide bonds. The van der Waals surface area contributed by atoms with Gasteiger partial charge < -0.3 is 10.6 Å². The molecular weight excluding hydrogens is 326 g/mol. The molecule has 6 heteroatoms. The molecule has 0 aliphatic heterocycles. The third-order valence-electron chi connectivity index (χ3n) is 3.01. The minimum atomic E-state index is -0.260. The highest BCUT2D eigenvalue weighted by Crippen LogP contribution is 2.28. The normalized spacial score (nSPS) is 16.3. The number of hydrogen-bond acceptors (Lipinski definition) is 4. The van der Waals surface area contributed by atoms with Crippen molar-refractivity contribution in [2.24, 2.45) is 0 Å². The van der Waals surface area contributed by atoms with Crippen molar-refractivity contribution in [1.29, 1.82) is 0 Å². The Hall–Kier alpha value is -1.14. The molecule has 1 aromatic heterocycles. The summed E-state index contributed by atoms with van der Waals surface area (Å²) in [7, 11) is 0. The Balaban J connectivity index is 1.71. The molecule has 3 rings (SSSR count). The van der Waals surface area contributed by atoms with E-state index in [9.17, 15) is 4.79 Å². The fraction of sp³-hybridized carbons (Fsp3) is 0.385. The molecular formula is C13H14BrN3OS. The average molecular weight is 340 g/mol. The number of hydrogen-bond donors (Lipinski definition) is 2. The number of nitrogens with one attached hydrogen (secondary N) is 2. The Kier molecular flexibility index (Phi) is 3.45. The van der Waals surface area contributed by atoms with Crippen molar-refractivity contribution < 1.29 is 4.79 Å². The predicted octanol–water partition coefficient (Wildman–Crippen LogP) is 3.14. The zero-order chi connectivity index (χ0) is 13.4. The van der Waals surface area contributed by atoms with Gasteiger partial charge in [-0.15, -0.1) is 0 Å². The van der Waals surface area contributed by atoms with Crippen molar-refractivity contribution in [3.05, 3.63) is 22.7 Å². The number of benzene rings is 1. The van der Waals surface area contributed by atoms with E-state index in [-0.39, 0.29) is 11.9 Å². The largest absolute Gasteiger partial charge is 0.352 e. The smallest absolute Gasteiger partial charge is 0.242 e. The molecule has 1 unspecified atom stereocenters. The van der Waals surface area contributed by atoms with Gasteiger partial charge in [0.25, 0.3) is 0 Å². The maximum Gasteiger partial charge on any atom is 0.242 e. The molecule has 4 nitrogen and oxygen atoms in total. The van der Waals surface area contributed by atoms with E-state index in [1.54, 1.807) is 11.3 Å². The van der Waals surface area contributed by atoms with E-state index in [2.05, 4.69) is 31.5 Å². The lowest BCUT2D eigenvalue weighted by Gasteiger charge is -2.12. The number of fused-ring (bicyclic) bond motifs is 1. The van der Waals surface area contributed by atoms with E-state index < -0.39 is 0 Å². The molecule has 1 saturated carbocycles. The van der Waals surface area contributed by atoms with E-state index in [0.717, 1.165) is 32.7 Å². The number of carbonyl (C=O) groups is 1. The molecule has 0 bridgehead atoms. The summed E-state index contributed by atoms with van der Waals surface area (Å²) < 4.78 is 2.14. The molecule has 0 spiro atoms. The van der Waals surface area contributed by atoms with Crippen LogP contribution in [0.25, 0.3) is 10.2 Å². The van der Waals surface area contributed by atoms with Crippen molar-refractivity contribution in [3.8, 4) is 0 Å². The van der Waals surface area contributed by atoms with Crippen LogP contribution in [-0.4, -0.2) is 23.0 Å². The molecule has 1 atom stereocenters. The second-order valence-corrected chi connectivity index (χ2v) is 6.73. The first-order valence-electron chi connectivity index (χ1n) is 6.25. The van der Waals surface area contributed by atoms with Crippen molar-refractivity contribution in [2.45, 2.75) is 31.8 Å². The van der Waals surface area contributed by atoms with Crippen LogP contribution in [0, 0.1) is 0 Å². The van der Waals surface area contributed by atoms with Gasteiger partial charge >= 0.3 is 0 Å². The number of halogens is 1. The van der Waals surface area contributed by atoms with Crippen LogP contribution in [0.3, 0.4) is 0 Å². The highest BCUT2D eigenvalue weighted by Gasteiger charge is 2.25. The summed E-state index contributed by atoms with van der Waals surface area (Å²) in [6, 6.07) is 6.10. The number of anilines is 1. The van der Waals surface area contributed by atoms with Crippen LogP contribution in [0.2, 0.25) is 0 Å². The Labute approximate surface area is 123 Å². The fourth-order valence-corrected chi connectivity index (χ4v) is 3.27. The summed E-state index contributed by atoms with van der Waals surface area (Å²) in [6.07, 6.45) is 2.21. The van der Waals surface area contributed by atoms with Crippen LogP contribution >= 0.6 is 27.3 Å². The number of amides is 1. The first kappa shape index (κ1) is 12.9. The number of thiazole rings is 1. The van der Waals surface area contributed by atoms with E-state index in [1.165, 1.54) is 0 Å². The quantitative estimate of drug-likeness (QED) is 0.899. The van der Waals surface area contributed by atoms with Crippen molar-refractivity contribution >= 4 is 48.5 Å². The second-order valence-electron chi connectivity index (χ2n) is 4.78. The number of carbonyl (C=O) groups excluding carboxylic acids is 1. The summed E-state index contributed by atoms with van der Waals surface area (Å²) in [5.41, 5.74) is 0.950. The van der Waals surface area contributed by atoms with Gasteiger partial charge in [0.05, 0.1) is 10.2 Å². The minimum absolute atomic E-state index is 0.0444. The highest BCUT2D eigenvalue weighted by molar-refractivity contribution is 9.10. The van der Waals surface area contributed by atoms with Crippen molar-refractivity contribution in [3.63, 3.8) is 0 Å². The van der Waals surface area contributed by atoms with E-state index >= 15 is 0 Å². The lowest BCUT2D eigenvalue weighted by Crippen LogP contribution is -2.38. The zero-order valence-electron chi connectivity index (χ0n) is 10.4. The van der Waals surface area contributed by atoms with Crippen molar-refractivity contribution in [1.82, 2.24) is 10.3 Å². The van der Waals surface area contributed by atoms with Crippen LogP contribution in [0.15, 0.2) is 22.7 Å². The van der Waals surface area contributed by atoms with Crippen LogP contribution in [0.5, 0.6) is 0 Å². The minimum Gasteiger partial charge on any atom is -0.352 e. The lowest BCUT2D eigenvalue weighted by molar-refractivity contribution is -0.121. The molecule has 1 heterocycles. The Bertz CT molecular complexity index is 623. The van der Waals surface area contributed by atoms with Crippen LogP contribution < -0.4 is 10.6 Å². The maximum absolute atomic E-state index is 11.9. The Morgan fingerprint density at radius 1 is 1.53 bits per heavy atom. The van der Waals surface area contributed by atoms with Crippen LogP contribution in [0.4, 0.5) is 5.13 Å². The molecule has 1 fully saturated rings. The standard InChI is InChI=1S/C13H14BrN3OS/c1-7(12(18)16-9-3-4-9)15-13-17-10-5-2-8(14)6-11(10)19-13/h2,5-7,9H,3-4H2,1H3,(H,15,17)(H,16,18). The van der Waals surface area contributed by atoms with Gasteiger partial charge in [-0.25, -0.2) is 4.98 Å². The molecule has 1 aliphatic rings. The molecule has 100 valence electrons. The summed E-state index contributed by atoms with van der Waals surface area (Å²) in [5, 5.41) is 6.93. The molecule has 1 aliphatic carbocycles. The topological polar surface area (TPSA) is 54.0 Å². The van der Waals surface area contributed by atoms with Gasteiger partial charge in [-0.1, -0.05) is 27.3 Å². The molecule has 19 heavy (non-hydrogen) atoms. The van der Waals surface area contributed by atoms with Gasteiger partial charge in [-0.3, -0.25) is 4.79 Å². The third kappa shape index (κ3) is 3.06. The van der Waals surface area contributed by atoms with E-state index in [4.69, 9.17) is 0 Å².